The van der Waals surface area contributed by atoms with Crippen LogP contribution in [0.4, 0.5) is 5.69 Å². The van der Waals surface area contributed by atoms with Crippen molar-refractivity contribution >= 4 is 22.6 Å². The average molecular weight is 394 g/mol. The largest absolute Gasteiger partial charge is 0.451 e. The van der Waals surface area contributed by atoms with Crippen LogP contribution >= 0.6 is 0 Å². The van der Waals surface area contributed by atoms with E-state index in [0.29, 0.717) is 12.3 Å². The van der Waals surface area contributed by atoms with E-state index in [-0.39, 0.29) is 13.3 Å². The number of carbonyl (C=O) groups excluding carboxylic acids is 1. The highest BCUT2D eigenvalue weighted by molar-refractivity contribution is 5.96. The normalized spacial score (nSPS) is 14.6. The van der Waals surface area contributed by atoms with Gasteiger partial charge in [-0.15, -0.1) is 0 Å². The number of furan rings is 1. The number of unbranched alkanes of at least 4 members (excludes halogenated alkanes) is 1. The maximum atomic E-state index is 12.2. The van der Waals surface area contributed by atoms with Crippen molar-refractivity contribution < 1.29 is 9.21 Å². The number of para-hydroxylation sites is 2. The molecular weight excluding hydrogens is 362 g/mol. The second-order valence-corrected chi connectivity index (χ2v) is 7.28. The van der Waals surface area contributed by atoms with Crippen LogP contribution in [0.3, 0.4) is 0 Å². The Morgan fingerprint density at radius 3 is 2.41 bits per heavy atom. The van der Waals surface area contributed by atoms with E-state index in [1.54, 1.807) is 6.07 Å². The van der Waals surface area contributed by atoms with Gasteiger partial charge >= 0.3 is 0 Å². The molecule has 1 N–H and O–H groups in total. The number of piperazine rings is 1. The van der Waals surface area contributed by atoms with E-state index in [2.05, 4.69) is 45.4 Å². The van der Waals surface area contributed by atoms with E-state index < -0.39 is 0 Å². The van der Waals surface area contributed by atoms with Crippen LogP contribution in [0.5, 0.6) is 0 Å². The lowest BCUT2D eigenvalue weighted by Gasteiger charge is -2.36. The molecule has 1 saturated heterocycles. The molecule has 1 aliphatic heterocycles. The lowest BCUT2D eigenvalue weighted by molar-refractivity contribution is 0.0927. The van der Waals surface area contributed by atoms with Gasteiger partial charge in [-0.25, -0.2) is 0 Å². The zero-order chi connectivity index (χ0) is 19.2. The Balaban J connectivity index is 0.00000240. The van der Waals surface area contributed by atoms with Crippen LogP contribution in [0.15, 0.2) is 65.1 Å². The van der Waals surface area contributed by atoms with E-state index in [0.717, 1.165) is 56.5 Å². The van der Waals surface area contributed by atoms with E-state index in [1.807, 2.05) is 24.3 Å². The molecule has 4 rings (SSSR count). The number of rotatable bonds is 7. The smallest absolute Gasteiger partial charge is 0.287 e. The van der Waals surface area contributed by atoms with E-state index in [1.165, 1.54) is 5.69 Å². The standard InChI is InChI=1S/C23H27N3O2.CH4/c27-23(22-18-19-8-4-5-11-21(19)28-22)24-12-6-7-13-25-14-16-26(17-15-25)20-9-2-1-3-10-20;/h1-5,8-11,18H,6-7,12-17H2,(H,24,27);1H4. The highest BCUT2D eigenvalue weighted by atomic mass is 16.3. The Morgan fingerprint density at radius 1 is 0.931 bits per heavy atom. The summed E-state index contributed by atoms with van der Waals surface area (Å²) in [6, 6.07) is 20.1. The number of nitrogens with one attached hydrogen (secondary N) is 1. The maximum Gasteiger partial charge on any atom is 0.287 e. The second-order valence-electron chi connectivity index (χ2n) is 7.28. The van der Waals surface area contributed by atoms with E-state index in [9.17, 15) is 4.79 Å². The number of benzene rings is 2. The molecule has 1 amide bonds. The van der Waals surface area contributed by atoms with Crippen molar-refractivity contribution in [3.63, 3.8) is 0 Å². The molecule has 3 aromatic rings. The minimum Gasteiger partial charge on any atom is -0.451 e. The van der Waals surface area contributed by atoms with Crippen molar-refractivity contribution in [3.05, 3.63) is 66.4 Å². The lowest BCUT2D eigenvalue weighted by Crippen LogP contribution is -2.46. The monoisotopic (exact) mass is 393 g/mol. The van der Waals surface area contributed by atoms with Gasteiger partial charge in [0, 0.05) is 43.8 Å². The molecule has 0 spiro atoms. The number of amides is 1. The summed E-state index contributed by atoms with van der Waals surface area (Å²) in [5.74, 6) is 0.255. The topological polar surface area (TPSA) is 48.7 Å². The molecule has 5 heteroatoms. The van der Waals surface area contributed by atoms with Crippen LogP contribution in [0.1, 0.15) is 30.8 Å². The summed E-state index contributed by atoms with van der Waals surface area (Å²) < 4.78 is 5.60. The highest BCUT2D eigenvalue weighted by Gasteiger charge is 2.16. The van der Waals surface area contributed by atoms with Crippen LogP contribution in [0, 0.1) is 0 Å². The van der Waals surface area contributed by atoms with E-state index in [4.69, 9.17) is 4.42 Å². The van der Waals surface area contributed by atoms with Crippen LogP contribution < -0.4 is 10.2 Å². The molecule has 5 nitrogen and oxygen atoms in total. The van der Waals surface area contributed by atoms with Gasteiger partial charge in [0.15, 0.2) is 5.76 Å². The molecule has 0 unspecified atom stereocenters. The number of carbonyl (C=O) groups is 1. The molecule has 0 saturated carbocycles. The molecule has 0 atom stereocenters. The number of anilines is 1. The summed E-state index contributed by atoms with van der Waals surface area (Å²) in [5, 5.41) is 3.93. The van der Waals surface area contributed by atoms with Crippen molar-refractivity contribution in [1.29, 1.82) is 0 Å². The molecule has 2 heterocycles. The average Bonchev–Trinajstić information content (AvgIpc) is 3.19. The molecule has 154 valence electrons. The Labute approximate surface area is 173 Å². The predicted molar refractivity (Wildman–Crippen MR) is 120 cm³/mol. The third-order valence-corrected chi connectivity index (χ3v) is 5.33. The van der Waals surface area contributed by atoms with Gasteiger partial charge in [-0.1, -0.05) is 43.8 Å². The van der Waals surface area contributed by atoms with Crippen LogP contribution in [0.2, 0.25) is 0 Å². The third kappa shape index (κ3) is 5.39. The van der Waals surface area contributed by atoms with Crippen molar-refractivity contribution in [2.24, 2.45) is 0 Å². The second kappa shape index (κ2) is 10.1. The van der Waals surface area contributed by atoms with Crippen LogP contribution in [0.25, 0.3) is 11.0 Å². The summed E-state index contributed by atoms with van der Waals surface area (Å²) in [6.45, 7) is 6.11. The molecule has 29 heavy (non-hydrogen) atoms. The fraction of sp³-hybridized carbons (Fsp3) is 0.375. The first-order valence-electron chi connectivity index (χ1n) is 10.1. The first kappa shape index (κ1) is 20.9. The quantitative estimate of drug-likeness (QED) is 0.605. The summed E-state index contributed by atoms with van der Waals surface area (Å²) in [6.07, 6.45) is 2.07. The first-order chi connectivity index (χ1) is 13.8. The van der Waals surface area contributed by atoms with Crippen LogP contribution in [-0.2, 0) is 0 Å². The highest BCUT2D eigenvalue weighted by Crippen LogP contribution is 2.18. The van der Waals surface area contributed by atoms with Gasteiger partial charge in [-0.2, -0.15) is 0 Å². The molecule has 0 aliphatic carbocycles. The molecule has 1 aliphatic rings. The molecule has 1 fully saturated rings. The Bertz CT molecular complexity index is 866. The molecule has 2 aromatic carbocycles. The number of hydrogen-bond donors (Lipinski definition) is 1. The summed E-state index contributed by atoms with van der Waals surface area (Å²) in [5.41, 5.74) is 2.07. The number of nitrogens with zero attached hydrogens (tertiary/aromatic N) is 2. The SMILES string of the molecule is C.O=C(NCCCCN1CCN(c2ccccc2)CC1)c1cc2ccccc2o1. The number of fused-ring (bicyclic) bond motifs is 1. The molecule has 0 radical (unpaired) electrons. The summed E-state index contributed by atoms with van der Waals surface area (Å²) >= 11 is 0. The first-order valence-corrected chi connectivity index (χ1v) is 10.1. The van der Waals surface area contributed by atoms with E-state index >= 15 is 0 Å². The zero-order valence-corrected chi connectivity index (χ0v) is 16.1. The maximum absolute atomic E-state index is 12.2. The lowest BCUT2D eigenvalue weighted by atomic mass is 10.2. The fourth-order valence-electron chi connectivity index (χ4n) is 3.71. The van der Waals surface area contributed by atoms with Crippen molar-refractivity contribution in [1.82, 2.24) is 10.2 Å². The van der Waals surface area contributed by atoms with Gasteiger partial charge in [0.1, 0.15) is 5.58 Å². The Morgan fingerprint density at radius 2 is 1.66 bits per heavy atom. The third-order valence-electron chi connectivity index (χ3n) is 5.33. The van der Waals surface area contributed by atoms with Crippen molar-refractivity contribution in [3.8, 4) is 0 Å². The minimum absolute atomic E-state index is 0. The molecule has 1 aromatic heterocycles. The van der Waals surface area contributed by atoms with Gasteiger partial charge in [0.25, 0.3) is 5.91 Å². The predicted octanol–water partition coefficient (Wildman–Crippen LogP) is 4.40. The van der Waals surface area contributed by atoms with Crippen LogP contribution in [-0.4, -0.2) is 50.1 Å². The minimum atomic E-state index is -0.132. The Hall–Kier alpha value is -2.79. The van der Waals surface area contributed by atoms with Gasteiger partial charge in [-0.05, 0) is 43.7 Å². The summed E-state index contributed by atoms with van der Waals surface area (Å²) in [4.78, 5) is 17.2. The van der Waals surface area contributed by atoms with Gasteiger partial charge in [-0.3, -0.25) is 9.69 Å². The summed E-state index contributed by atoms with van der Waals surface area (Å²) in [7, 11) is 0. The van der Waals surface area contributed by atoms with Gasteiger partial charge in [0.2, 0.25) is 0 Å². The van der Waals surface area contributed by atoms with Gasteiger partial charge in [0.05, 0.1) is 0 Å². The number of hydrogen-bond acceptors (Lipinski definition) is 4. The van der Waals surface area contributed by atoms with Crippen molar-refractivity contribution in [2.45, 2.75) is 20.3 Å². The fourth-order valence-corrected chi connectivity index (χ4v) is 3.71. The molecular formula is C24H31N3O2. The van der Waals surface area contributed by atoms with Crippen molar-refractivity contribution in [2.75, 3.05) is 44.2 Å². The molecule has 0 bridgehead atoms. The zero-order valence-electron chi connectivity index (χ0n) is 16.1. The van der Waals surface area contributed by atoms with Gasteiger partial charge < -0.3 is 14.6 Å². The Kier molecular flexibility index (Phi) is 7.30.